The number of aromatic nitrogens is 1. The number of aromatic carboxylic acids is 1. The average Bonchev–Trinajstić information content (AvgIpc) is 2.83. The van der Waals surface area contributed by atoms with E-state index in [-0.39, 0.29) is 16.6 Å². The number of amides is 1. The number of rotatable bonds is 6. The van der Waals surface area contributed by atoms with Crippen LogP contribution in [0.1, 0.15) is 37.3 Å². The molecule has 1 heterocycles. The van der Waals surface area contributed by atoms with Crippen LogP contribution in [0.4, 0.5) is 0 Å². The summed E-state index contributed by atoms with van der Waals surface area (Å²) < 4.78 is 27.9. The van der Waals surface area contributed by atoms with Gasteiger partial charge in [-0.2, -0.15) is 4.72 Å². The fraction of sp³-hybridized carbons (Fsp3) is 0.500. The number of hydrogen-bond acceptors (Lipinski definition) is 4. The Balaban J connectivity index is 3.18. The quantitative estimate of drug-likeness (QED) is 0.692. The second-order valence-electron chi connectivity index (χ2n) is 4.82. The summed E-state index contributed by atoms with van der Waals surface area (Å²) in [5.41, 5.74) is -0.127. The Hall–Kier alpha value is -1.87. The number of carbonyl (C=O) groups excluding carboxylic acids is 1. The summed E-state index contributed by atoms with van der Waals surface area (Å²) in [7, 11) is -2.58. The zero-order valence-corrected chi connectivity index (χ0v) is 13.1. The predicted octanol–water partition coefficient (Wildman–Crippen LogP) is 0.180. The number of likely N-dealkylation sites (N-methyl/N-ethyl adjacent to an activating group) is 1. The smallest absolute Gasteiger partial charge is 0.352 e. The van der Waals surface area contributed by atoms with Crippen molar-refractivity contribution in [2.75, 3.05) is 7.05 Å². The van der Waals surface area contributed by atoms with E-state index >= 15 is 0 Å². The van der Waals surface area contributed by atoms with Crippen molar-refractivity contribution in [3.63, 3.8) is 0 Å². The van der Waals surface area contributed by atoms with E-state index in [4.69, 9.17) is 5.11 Å². The molecular formula is C12H19N3O5S. The third-order valence-electron chi connectivity index (χ3n) is 2.88. The highest BCUT2D eigenvalue weighted by molar-refractivity contribution is 7.89. The van der Waals surface area contributed by atoms with Crippen molar-refractivity contribution in [2.24, 2.45) is 0 Å². The lowest BCUT2D eigenvalue weighted by Crippen LogP contribution is -2.43. The predicted molar refractivity (Wildman–Crippen MR) is 75.6 cm³/mol. The van der Waals surface area contributed by atoms with Crippen LogP contribution in [-0.4, -0.2) is 43.1 Å². The maximum atomic E-state index is 12.2. The Kier molecular flexibility index (Phi) is 5.13. The molecule has 1 amide bonds. The number of carboxylic acid groups (broad SMARTS) is 1. The van der Waals surface area contributed by atoms with Crippen molar-refractivity contribution in [2.45, 2.75) is 37.8 Å². The van der Waals surface area contributed by atoms with Gasteiger partial charge in [0.1, 0.15) is 10.6 Å². The van der Waals surface area contributed by atoms with Gasteiger partial charge in [-0.05, 0) is 26.8 Å². The van der Waals surface area contributed by atoms with E-state index in [0.717, 1.165) is 6.07 Å². The summed E-state index contributed by atoms with van der Waals surface area (Å²) in [5, 5.41) is 11.4. The molecule has 8 nitrogen and oxygen atoms in total. The highest BCUT2D eigenvalue weighted by Gasteiger charge is 2.25. The summed E-state index contributed by atoms with van der Waals surface area (Å²) in [6, 6.07) is -0.103. The molecular weight excluding hydrogens is 298 g/mol. The summed E-state index contributed by atoms with van der Waals surface area (Å²) in [5.74, 6) is -1.70. The highest BCUT2D eigenvalue weighted by atomic mass is 32.2. The van der Waals surface area contributed by atoms with Gasteiger partial charge >= 0.3 is 5.97 Å². The Morgan fingerprint density at radius 3 is 2.24 bits per heavy atom. The van der Waals surface area contributed by atoms with Crippen LogP contribution in [0.15, 0.2) is 17.2 Å². The van der Waals surface area contributed by atoms with Gasteiger partial charge in [0.05, 0.1) is 6.04 Å². The topological polar surface area (TPSA) is 118 Å². The van der Waals surface area contributed by atoms with Gasteiger partial charge in [-0.15, -0.1) is 0 Å². The number of nitrogens with one attached hydrogen (secondary N) is 2. The first-order chi connectivity index (χ1) is 9.60. The molecule has 0 saturated heterocycles. The monoisotopic (exact) mass is 317 g/mol. The summed E-state index contributed by atoms with van der Waals surface area (Å²) in [6.07, 6.45) is 1.24. The molecule has 1 atom stereocenters. The maximum absolute atomic E-state index is 12.2. The van der Waals surface area contributed by atoms with Gasteiger partial charge in [0.2, 0.25) is 15.9 Å². The van der Waals surface area contributed by atoms with E-state index in [9.17, 15) is 18.0 Å². The fourth-order valence-electron chi connectivity index (χ4n) is 1.77. The molecule has 21 heavy (non-hydrogen) atoms. The minimum absolute atomic E-state index is 0.127. The number of carbonyl (C=O) groups is 2. The van der Waals surface area contributed by atoms with Crippen LogP contribution in [0.2, 0.25) is 0 Å². The van der Waals surface area contributed by atoms with Crippen molar-refractivity contribution < 1.29 is 23.1 Å². The molecule has 1 aromatic heterocycles. The van der Waals surface area contributed by atoms with E-state index in [1.807, 2.05) is 0 Å². The van der Waals surface area contributed by atoms with Gasteiger partial charge in [-0.3, -0.25) is 4.79 Å². The molecule has 0 aliphatic carbocycles. The second-order valence-corrected chi connectivity index (χ2v) is 6.54. The average molecular weight is 317 g/mol. The molecule has 0 radical (unpaired) electrons. The molecule has 0 bridgehead atoms. The highest BCUT2D eigenvalue weighted by Crippen LogP contribution is 2.19. The van der Waals surface area contributed by atoms with Gasteiger partial charge in [-0.1, -0.05) is 0 Å². The van der Waals surface area contributed by atoms with E-state index in [1.54, 1.807) is 13.8 Å². The summed E-state index contributed by atoms with van der Waals surface area (Å²) in [4.78, 5) is 22.3. The molecule has 0 spiro atoms. The van der Waals surface area contributed by atoms with Gasteiger partial charge < -0.3 is 15.0 Å². The summed E-state index contributed by atoms with van der Waals surface area (Å²) >= 11 is 0. The lowest BCUT2D eigenvalue weighted by molar-refractivity contribution is -0.121. The number of nitrogens with zero attached hydrogens (tertiary/aromatic N) is 1. The molecule has 9 heteroatoms. The van der Waals surface area contributed by atoms with Crippen LogP contribution >= 0.6 is 0 Å². The molecule has 1 unspecified atom stereocenters. The lowest BCUT2D eigenvalue weighted by Gasteiger charge is -2.12. The lowest BCUT2D eigenvalue weighted by atomic mass is 10.3. The Morgan fingerprint density at radius 1 is 1.29 bits per heavy atom. The van der Waals surface area contributed by atoms with E-state index in [2.05, 4.69) is 10.0 Å². The fourth-order valence-corrected chi connectivity index (χ4v) is 3.00. The minimum atomic E-state index is -3.98. The van der Waals surface area contributed by atoms with Crippen LogP contribution < -0.4 is 10.0 Å². The minimum Gasteiger partial charge on any atom is -0.477 e. The van der Waals surface area contributed by atoms with Crippen molar-refractivity contribution in [3.8, 4) is 0 Å². The molecule has 0 fully saturated rings. The van der Waals surface area contributed by atoms with E-state index in [0.29, 0.717) is 0 Å². The second kappa shape index (κ2) is 6.27. The maximum Gasteiger partial charge on any atom is 0.352 e. The first-order valence-corrected chi connectivity index (χ1v) is 7.77. The van der Waals surface area contributed by atoms with E-state index in [1.165, 1.54) is 24.7 Å². The first-order valence-electron chi connectivity index (χ1n) is 6.29. The van der Waals surface area contributed by atoms with Gasteiger partial charge in [0.15, 0.2) is 0 Å². The SMILES string of the molecule is CNC(=O)C(C)NS(=O)(=O)c1cc(C(=O)O)n(C(C)C)c1. The van der Waals surface area contributed by atoms with Crippen molar-refractivity contribution in [1.82, 2.24) is 14.6 Å². The van der Waals surface area contributed by atoms with Gasteiger partial charge in [-0.25, -0.2) is 13.2 Å². The van der Waals surface area contributed by atoms with Crippen molar-refractivity contribution >= 4 is 21.9 Å². The van der Waals surface area contributed by atoms with E-state index < -0.39 is 27.9 Å². The van der Waals surface area contributed by atoms with Crippen molar-refractivity contribution in [3.05, 3.63) is 18.0 Å². The molecule has 0 aliphatic heterocycles. The zero-order valence-electron chi connectivity index (χ0n) is 12.2. The standard InChI is InChI=1S/C12H19N3O5S/c1-7(2)15-6-9(5-10(15)12(17)18)21(19,20)14-8(3)11(16)13-4/h5-8,14H,1-4H3,(H,13,16)(H,17,18). The third kappa shape index (κ3) is 3.82. The Bertz CT molecular complexity index is 648. The third-order valence-corrected chi connectivity index (χ3v) is 4.39. The van der Waals surface area contributed by atoms with Crippen LogP contribution in [0.3, 0.4) is 0 Å². The molecule has 1 aromatic rings. The molecule has 118 valence electrons. The normalized spacial score (nSPS) is 13.2. The number of hydrogen-bond donors (Lipinski definition) is 3. The van der Waals surface area contributed by atoms with Crippen LogP contribution in [-0.2, 0) is 14.8 Å². The zero-order chi connectivity index (χ0) is 16.4. The molecule has 1 rings (SSSR count). The first kappa shape index (κ1) is 17.2. The van der Waals surface area contributed by atoms with Gasteiger partial charge in [0.25, 0.3) is 0 Å². The Labute approximate surface area is 123 Å². The number of carboxylic acids is 1. The largest absolute Gasteiger partial charge is 0.477 e. The van der Waals surface area contributed by atoms with Crippen LogP contribution in [0.25, 0.3) is 0 Å². The molecule has 0 aromatic carbocycles. The number of sulfonamides is 1. The molecule has 0 saturated carbocycles. The van der Waals surface area contributed by atoms with Crippen molar-refractivity contribution in [1.29, 1.82) is 0 Å². The Morgan fingerprint density at radius 2 is 1.86 bits per heavy atom. The van der Waals surface area contributed by atoms with Crippen LogP contribution in [0, 0.1) is 0 Å². The summed E-state index contributed by atoms with van der Waals surface area (Å²) in [6.45, 7) is 4.88. The molecule has 3 N–H and O–H groups in total. The molecule has 0 aliphatic rings. The van der Waals surface area contributed by atoms with Crippen LogP contribution in [0.5, 0.6) is 0 Å². The van der Waals surface area contributed by atoms with Gasteiger partial charge in [0, 0.05) is 19.3 Å².